The van der Waals surface area contributed by atoms with Crippen LogP contribution in [0.4, 0.5) is 5.13 Å². The quantitative estimate of drug-likeness (QED) is 0.815. The zero-order chi connectivity index (χ0) is 9.97. The van der Waals surface area contributed by atoms with Gasteiger partial charge in [-0.1, -0.05) is 16.5 Å². The summed E-state index contributed by atoms with van der Waals surface area (Å²) >= 11 is 3.13. The zero-order valence-electron chi connectivity index (χ0n) is 7.56. The van der Waals surface area contributed by atoms with Crippen molar-refractivity contribution in [2.45, 2.75) is 16.9 Å². The molecule has 0 aliphatic carbocycles. The number of aryl methyl sites for hydroxylation is 1. The Morgan fingerprint density at radius 2 is 2.50 bits per heavy atom. The van der Waals surface area contributed by atoms with Crippen LogP contribution in [0, 0.1) is 6.92 Å². The minimum atomic E-state index is 0.598. The van der Waals surface area contributed by atoms with E-state index in [1.165, 1.54) is 11.3 Å². The first-order valence-electron chi connectivity index (χ1n) is 4.00. The van der Waals surface area contributed by atoms with Crippen LogP contribution in [0.1, 0.15) is 11.5 Å². The van der Waals surface area contributed by atoms with Crippen molar-refractivity contribution in [2.24, 2.45) is 0 Å². The number of nitrogens with two attached hydrogens (primary N) is 1. The molecule has 0 amide bonds. The maximum Gasteiger partial charge on any atom is 0.181 e. The van der Waals surface area contributed by atoms with E-state index in [0.29, 0.717) is 5.13 Å². The van der Waals surface area contributed by atoms with Crippen molar-refractivity contribution >= 4 is 28.2 Å². The van der Waals surface area contributed by atoms with E-state index >= 15 is 0 Å². The largest absolute Gasteiger partial charge is 0.375 e. The number of anilines is 1. The Bertz CT molecular complexity index is 383. The highest BCUT2D eigenvalue weighted by atomic mass is 32.2. The number of nitrogen functional groups attached to an aromatic ring is 1. The number of aromatic nitrogens is 2. The fourth-order valence-corrected chi connectivity index (χ4v) is 2.60. The van der Waals surface area contributed by atoms with Gasteiger partial charge in [0.05, 0.1) is 21.9 Å². The first-order valence-corrected chi connectivity index (χ1v) is 5.80. The number of hydrogen-bond donors (Lipinski definition) is 1. The third-order valence-electron chi connectivity index (χ3n) is 1.54. The second-order valence-electron chi connectivity index (χ2n) is 2.74. The molecule has 14 heavy (non-hydrogen) atoms. The summed E-state index contributed by atoms with van der Waals surface area (Å²) in [6, 6.07) is 1.93. The van der Waals surface area contributed by atoms with Gasteiger partial charge in [0.25, 0.3) is 0 Å². The summed E-state index contributed by atoms with van der Waals surface area (Å²) in [4.78, 5) is 3.96. The maximum atomic E-state index is 5.51. The van der Waals surface area contributed by atoms with E-state index in [1.54, 1.807) is 18.0 Å². The van der Waals surface area contributed by atoms with Crippen molar-refractivity contribution in [1.82, 2.24) is 10.1 Å². The Kier molecular flexibility index (Phi) is 2.74. The summed E-state index contributed by atoms with van der Waals surface area (Å²) in [7, 11) is 0. The Morgan fingerprint density at radius 3 is 3.07 bits per heavy atom. The first kappa shape index (κ1) is 9.54. The Hall–Kier alpha value is -1.01. The lowest BCUT2D eigenvalue weighted by molar-refractivity contribution is 0.391. The van der Waals surface area contributed by atoms with Gasteiger partial charge in [-0.15, -0.1) is 11.8 Å². The van der Waals surface area contributed by atoms with Gasteiger partial charge in [-0.05, 0) is 6.92 Å². The van der Waals surface area contributed by atoms with E-state index in [1.807, 2.05) is 13.0 Å². The van der Waals surface area contributed by atoms with Crippen LogP contribution in [0.3, 0.4) is 0 Å². The predicted octanol–water partition coefficient (Wildman–Crippen LogP) is 2.31. The summed E-state index contributed by atoms with van der Waals surface area (Å²) in [5, 5.41) is 4.41. The van der Waals surface area contributed by atoms with Gasteiger partial charge in [0, 0.05) is 6.07 Å². The van der Waals surface area contributed by atoms with E-state index in [0.717, 1.165) is 21.4 Å². The van der Waals surface area contributed by atoms with Gasteiger partial charge in [-0.2, -0.15) is 0 Å². The van der Waals surface area contributed by atoms with E-state index in [-0.39, 0.29) is 0 Å². The molecule has 0 aliphatic rings. The number of rotatable bonds is 3. The molecule has 0 saturated heterocycles. The van der Waals surface area contributed by atoms with E-state index in [9.17, 15) is 0 Å². The average Bonchev–Trinajstić information content (AvgIpc) is 2.72. The molecule has 0 saturated carbocycles. The van der Waals surface area contributed by atoms with Crippen LogP contribution in [0.5, 0.6) is 0 Å². The minimum Gasteiger partial charge on any atom is -0.375 e. The third-order valence-corrected chi connectivity index (χ3v) is 3.58. The molecule has 0 spiro atoms. The molecule has 0 aliphatic heterocycles. The van der Waals surface area contributed by atoms with Crippen LogP contribution in [0.25, 0.3) is 0 Å². The topological polar surface area (TPSA) is 64.9 Å². The lowest BCUT2D eigenvalue weighted by atomic mass is 10.4. The maximum absolute atomic E-state index is 5.51. The van der Waals surface area contributed by atoms with Gasteiger partial charge in [0.2, 0.25) is 0 Å². The molecule has 2 aromatic rings. The van der Waals surface area contributed by atoms with Gasteiger partial charge in [0.1, 0.15) is 5.76 Å². The van der Waals surface area contributed by atoms with Crippen LogP contribution < -0.4 is 5.73 Å². The Morgan fingerprint density at radius 1 is 1.64 bits per heavy atom. The highest BCUT2D eigenvalue weighted by Crippen LogP contribution is 2.29. The molecular weight excluding hydrogens is 218 g/mol. The molecule has 0 atom stereocenters. The zero-order valence-corrected chi connectivity index (χ0v) is 9.19. The fourth-order valence-electron chi connectivity index (χ4n) is 0.965. The summed E-state index contributed by atoms with van der Waals surface area (Å²) in [6.07, 6.45) is 1.77. The number of hydrogen-bond acceptors (Lipinski definition) is 6. The van der Waals surface area contributed by atoms with E-state index in [4.69, 9.17) is 10.3 Å². The Labute approximate surface area is 89.5 Å². The molecule has 2 heterocycles. The van der Waals surface area contributed by atoms with Crippen LogP contribution >= 0.6 is 23.1 Å². The molecule has 0 aromatic carbocycles. The smallest absolute Gasteiger partial charge is 0.181 e. The second kappa shape index (κ2) is 4.02. The van der Waals surface area contributed by atoms with Crippen molar-refractivity contribution in [2.75, 3.05) is 5.73 Å². The second-order valence-corrected chi connectivity index (χ2v) is 5.08. The number of thioether (sulfide) groups is 1. The third kappa shape index (κ3) is 2.27. The molecule has 0 bridgehead atoms. The molecule has 0 fully saturated rings. The van der Waals surface area contributed by atoms with Gasteiger partial charge in [-0.25, -0.2) is 4.98 Å². The highest BCUT2D eigenvalue weighted by molar-refractivity contribution is 8.00. The normalized spacial score (nSPS) is 10.6. The van der Waals surface area contributed by atoms with Crippen molar-refractivity contribution in [3.63, 3.8) is 0 Å². The first-order chi connectivity index (χ1) is 6.74. The molecular formula is C8H9N3OS2. The van der Waals surface area contributed by atoms with Gasteiger partial charge in [-0.3, -0.25) is 0 Å². The van der Waals surface area contributed by atoms with Crippen molar-refractivity contribution < 1.29 is 4.52 Å². The van der Waals surface area contributed by atoms with Gasteiger partial charge < -0.3 is 10.3 Å². The molecule has 0 radical (unpaired) electrons. The SMILES string of the molecule is Cc1cc(CSc2cnc(N)s2)on1. The van der Waals surface area contributed by atoms with Gasteiger partial charge in [0.15, 0.2) is 5.13 Å². The predicted molar refractivity (Wildman–Crippen MR) is 57.3 cm³/mol. The molecule has 0 unspecified atom stereocenters. The highest BCUT2D eigenvalue weighted by Gasteiger charge is 2.04. The lowest BCUT2D eigenvalue weighted by Crippen LogP contribution is -1.77. The van der Waals surface area contributed by atoms with Crippen LogP contribution in [-0.2, 0) is 5.75 Å². The number of nitrogens with zero attached hydrogens (tertiary/aromatic N) is 2. The summed E-state index contributed by atoms with van der Waals surface area (Å²) < 4.78 is 6.17. The molecule has 4 nitrogen and oxygen atoms in total. The van der Waals surface area contributed by atoms with Crippen molar-refractivity contribution in [3.8, 4) is 0 Å². The lowest BCUT2D eigenvalue weighted by Gasteiger charge is -1.90. The van der Waals surface area contributed by atoms with Crippen molar-refractivity contribution in [3.05, 3.63) is 23.7 Å². The molecule has 2 rings (SSSR count). The van der Waals surface area contributed by atoms with E-state index < -0.39 is 0 Å². The van der Waals surface area contributed by atoms with E-state index in [2.05, 4.69) is 10.1 Å². The van der Waals surface area contributed by atoms with Crippen LogP contribution in [0.15, 0.2) is 21.0 Å². The van der Waals surface area contributed by atoms with Crippen LogP contribution in [0.2, 0.25) is 0 Å². The minimum absolute atomic E-state index is 0.598. The summed E-state index contributed by atoms with van der Waals surface area (Å²) in [6.45, 7) is 1.91. The molecule has 2 N–H and O–H groups in total. The van der Waals surface area contributed by atoms with Crippen LogP contribution in [-0.4, -0.2) is 10.1 Å². The average molecular weight is 227 g/mol. The van der Waals surface area contributed by atoms with Crippen molar-refractivity contribution in [1.29, 1.82) is 0 Å². The van der Waals surface area contributed by atoms with Gasteiger partial charge >= 0.3 is 0 Å². The standard InChI is InChI=1S/C8H9N3OS2/c1-5-2-6(12-11-5)4-13-7-3-10-8(9)14-7/h2-3H,4H2,1H3,(H2,9,10). The fraction of sp³-hybridized carbons (Fsp3) is 0.250. The molecule has 6 heteroatoms. The number of thiazole rings is 1. The molecule has 74 valence electrons. The summed E-state index contributed by atoms with van der Waals surface area (Å²) in [5.74, 6) is 1.64. The Balaban J connectivity index is 1.94. The monoisotopic (exact) mass is 227 g/mol. The summed E-state index contributed by atoms with van der Waals surface area (Å²) in [5.41, 5.74) is 6.42. The molecule has 2 aromatic heterocycles.